The number of anilines is 1. The van der Waals surface area contributed by atoms with Crippen LogP contribution in [0.3, 0.4) is 0 Å². The summed E-state index contributed by atoms with van der Waals surface area (Å²) < 4.78 is 6.63. The average Bonchev–Trinajstić information content (AvgIpc) is 3.36. The summed E-state index contributed by atoms with van der Waals surface area (Å²) in [7, 11) is 1.53. The van der Waals surface area contributed by atoms with Crippen molar-refractivity contribution in [3.63, 3.8) is 0 Å². The molecule has 0 spiro atoms. The lowest BCUT2D eigenvalue weighted by atomic mass is 10.2. The number of amidine groups is 1. The van der Waals surface area contributed by atoms with Crippen LogP contribution in [0.2, 0.25) is 15.1 Å². The molecule has 0 fully saturated rings. The van der Waals surface area contributed by atoms with Crippen molar-refractivity contribution in [1.82, 2.24) is 14.9 Å². The number of benzene rings is 2. The van der Waals surface area contributed by atoms with E-state index in [2.05, 4.69) is 15.4 Å². The molecule has 0 aliphatic carbocycles. The van der Waals surface area contributed by atoms with Crippen molar-refractivity contribution in [3.8, 4) is 5.75 Å². The van der Waals surface area contributed by atoms with Crippen LogP contribution in [0.5, 0.6) is 5.75 Å². The molecule has 1 unspecified atom stereocenters. The van der Waals surface area contributed by atoms with Gasteiger partial charge in [-0.1, -0.05) is 34.8 Å². The van der Waals surface area contributed by atoms with Gasteiger partial charge in [-0.15, -0.1) is 5.10 Å². The first-order valence-corrected chi connectivity index (χ1v) is 10.0. The molecule has 1 atom stereocenters. The van der Waals surface area contributed by atoms with Crippen LogP contribution in [0.1, 0.15) is 16.4 Å². The number of hydrazone groups is 1. The minimum absolute atomic E-state index is 0.0888. The lowest BCUT2D eigenvalue weighted by Crippen LogP contribution is -2.38. The van der Waals surface area contributed by atoms with Crippen molar-refractivity contribution in [2.24, 2.45) is 5.10 Å². The molecule has 0 saturated heterocycles. The lowest BCUT2D eigenvalue weighted by molar-refractivity contribution is -0.119. The molecule has 3 aromatic rings. The van der Waals surface area contributed by atoms with Gasteiger partial charge in [0, 0.05) is 23.0 Å². The number of carbonyl (C=O) groups is 2. The number of aromatic nitrogens is 2. The van der Waals surface area contributed by atoms with Gasteiger partial charge in [0.25, 0.3) is 11.8 Å². The van der Waals surface area contributed by atoms with E-state index in [9.17, 15) is 9.59 Å². The monoisotopic (exact) mass is 477 g/mol. The summed E-state index contributed by atoms with van der Waals surface area (Å²) in [5.41, 5.74) is 0.526. The summed E-state index contributed by atoms with van der Waals surface area (Å²) in [6, 6.07) is 8.45. The molecule has 2 aromatic carbocycles. The third kappa shape index (κ3) is 4.10. The number of imidazole rings is 1. The molecule has 1 aliphatic heterocycles. The van der Waals surface area contributed by atoms with Gasteiger partial charge in [-0.2, -0.15) is 5.01 Å². The Hall–Kier alpha value is -3.07. The van der Waals surface area contributed by atoms with Crippen LogP contribution in [0.4, 0.5) is 5.69 Å². The SMILES string of the molecule is COc1ccc(C(=O)NC2=NN(c3c(Cl)cc(Cl)cc3Cl)C(=O)C2n2ccnc2)cc1. The standard InChI is InChI=1S/C20H14Cl3N5O3/c1-31-13-4-2-11(3-5-13)19(29)25-18-17(27-7-6-24-10-27)20(30)28(26-18)16-14(22)8-12(21)9-15(16)23/h2-10,17H,1H3,(H,25,26,29). The normalized spacial score (nSPS) is 15.7. The van der Waals surface area contributed by atoms with Crippen LogP contribution < -0.4 is 15.1 Å². The molecule has 158 valence electrons. The molecular weight excluding hydrogens is 465 g/mol. The van der Waals surface area contributed by atoms with E-state index in [1.807, 2.05) is 0 Å². The van der Waals surface area contributed by atoms with Crippen molar-refractivity contribution >= 4 is 58.1 Å². The maximum atomic E-state index is 13.3. The highest BCUT2D eigenvalue weighted by Gasteiger charge is 2.40. The Morgan fingerprint density at radius 2 is 1.81 bits per heavy atom. The summed E-state index contributed by atoms with van der Waals surface area (Å²) in [4.78, 5) is 30.0. The van der Waals surface area contributed by atoms with E-state index in [1.165, 1.54) is 36.3 Å². The summed E-state index contributed by atoms with van der Waals surface area (Å²) in [6.45, 7) is 0. The molecule has 0 saturated carbocycles. The quantitative estimate of drug-likeness (QED) is 0.609. The first-order valence-electron chi connectivity index (χ1n) is 8.89. The predicted molar refractivity (Wildman–Crippen MR) is 118 cm³/mol. The fraction of sp³-hybridized carbons (Fsp3) is 0.100. The minimum Gasteiger partial charge on any atom is -0.497 e. The third-order valence-corrected chi connectivity index (χ3v) is 5.31. The number of methoxy groups -OCH3 is 1. The summed E-state index contributed by atoms with van der Waals surface area (Å²) in [5.74, 6) is -0.228. The highest BCUT2D eigenvalue weighted by atomic mass is 35.5. The molecule has 4 rings (SSSR count). The van der Waals surface area contributed by atoms with Gasteiger partial charge >= 0.3 is 0 Å². The number of carbonyl (C=O) groups excluding carboxylic acids is 2. The Labute approximate surface area is 192 Å². The Morgan fingerprint density at radius 1 is 1.13 bits per heavy atom. The van der Waals surface area contributed by atoms with Gasteiger partial charge in [-0.25, -0.2) is 4.98 Å². The van der Waals surface area contributed by atoms with Crippen molar-refractivity contribution in [1.29, 1.82) is 0 Å². The topological polar surface area (TPSA) is 88.8 Å². The van der Waals surface area contributed by atoms with E-state index < -0.39 is 17.9 Å². The zero-order valence-electron chi connectivity index (χ0n) is 15.9. The maximum absolute atomic E-state index is 13.3. The van der Waals surface area contributed by atoms with Crippen LogP contribution in [-0.4, -0.2) is 34.3 Å². The van der Waals surface area contributed by atoms with Crippen molar-refractivity contribution < 1.29 is 14.3 Å². The van der Waals surface area contributed by atoms with E-state index in [0.29, 0.717) is 16.3 Å². The smallest absolute Gasteiger partial charge is 0.278 e. The molecule has 1 N–H and O–H groups in total. The van der Waals surface area contributed by atoms with Crippen LogP contribution in [0, 0.1) is 0 Å². The first-order chi connectivity index (χ1) is 14.9. The summed E-state index contributed by atoms with van der Waals surface area (Å²) in [6.07, 6.45) is 4.56. The number of nitrogens with one attached hydrogen (secondary N) is 1. The number of hydrogen-bond donors (Lipinski definition) is 1. The van der Waals surface area contributed by atoms with Gasteiger partial charge in [0.1, 0.15) is 11.4 Å². The van der Waals surface area contributed by atoms with Crippen LogP contribution in [-0.2, 0) is 4.79 Å². The van der Waals surface area contributed by atoms with Crippen LogP contribution >= 0.6 is 34.8 Å². The minimum atomic E-state index is -0.965. The fourth-order valence-electron chi connectivity index (χ4n) is 3.06. The summed E-state index contributed by atoms with van der Waals surface area (Å²) >= 11 is 18.5. The van der Waals surface area contributed by atoms with Crippen molar-refractivity contribution in [3.05, 3.63) is 75.8 Å². The highest BCUT2D eigenvalue weighted by molar-refractivity contribution is 6.43. The highest BCUT2D eigenvalue weighted by Crippen LogP contribution is 2.39. The molecule has 11 heteroatoms. The van der Waals surface area contributed by atoms with Crippen LogP contribution in [0.15, 0.2) is 60.2 Å². The molecule has 31 heavy (non-hydrogen) atoms. The second-order valence-electron chi connectivity index (χ2n) is 6.45. The molecule has 0 radical (unpaired) electrons. The van der Waals surface area contributed by atoms with Gasteiger partial charge in [0.15, 0.2) is 11.9 Å². The second-order valence-corrected chi connectivity index (χ2v) is 7.70. The van der Waals surface area contributed by atoms with E-state index in [0.717, 1.165) is 5.01 Å². The number of hydrogen-bond acceptors (Lipinski definition) is 5. The van der Waals surface area contributed by atoms with Gasteiger partial charge < -0.3 is 14.6 Å². The average molecular weight is 479 g/mol. The molecule has 8 nitrogen and oxygen atoms in total. The van der Waals surface area contributed by atoms with Crippen molar-refractivity contribution in [2.45, 2.75) is 6.04 Å². The van der Waals surface area contributed by atoms with E-state index in [4.69, 9.17) is 39.5 Å². The number of amides is 2. The van der Waals surface area contributed by atoms with Gasteiger partial charge in [0.05, 0.1) is 23.5 Å². The van der Waals surface area contributed by atoms with E-state index >= 15 is 0 Å². The Bertz CT molecular complexity index is 1160. The van der Waals surface area contributed by atoms with Gasteiger partial charge in [0.2, 0.25) is 0 Å². The Morgan fingerprint density at radius 3 is 2.39 bits per heavy atom. The number of ether oxygens (including phenoxy) is 1. The molecule has 0 bridgehead atoms. The number of halogens is 3. The van der Waals surface area contributed by atoms with Gasteiger partial charge in [-0.3, -0.25) is 9.59 Å². The largest absolute Gasteiger partial charge is 0.497 e. The van der Waals surface area contributed by atoms with Crippen molar-refractivity contribution in [2.75, 3.05) is 12.1 Å². The maximum Gasteiger partial charge on any atom is 0.278 e. The fourth-order valence-corrected chi connectivity index (χ4v) is 4.03. The predicted octanol–water partition coefficient (Wildman–Crippen LogP) is 4.18. The number of rotatable bonds is 4. The second kappa shape index (κ2) is 8.58. The zero-order chi connectivity index (χ0) is 22.1. The molecule has 2 amide bonds. The molecule has 1 aliphatic rings. The molecular formula is C20H14Cl3N5O3. The third-order valence-electron chi connectivity index (χ3n) is 4.52. The number of nitrogens with zero attached hydrogens (tertiary/aromatic N) is 4. The summed E-state index contributed by atoms with van der Waals surface area (Å²) in [5, 5.41) is 8.65. The first kappa shape index (κ1) is 21.2. The Balaban J connectivity index is 1.71. The lowest BCUT2D eigenvalue weighted by Gasteiger charge is -2.17. The van der Waals surface area contributed by atoms with E-state index in [-0.39, 0.29) is 21.6 Å². The van der Waals surface area contributed by atoms with Crippen LogP contribution in [0.25, 0.3) is 0 Å². The van der Waals surface area contributed by atoms with Gasteiger partial charge in [-0.05, 0) is 36.4 Å². The zero-order valence-corrected chi connectivity index (χ0v) is 18.2. The molecule has 2 heterocycles. The van der Waals surface area contributed by atoms with E-state index in [1.54, 1.807) is 30.5 Å². The molecule has 1 aromatic heterocycles. The Kier molecular flexibility index (Phi) is 5.86.